The average molecular weight is 274 g/mol. The van der Waals surface area contributed by atoms with Gasteiger partial charge in [-0.25, -0.2) is 0 Å². The normalized spacial score (nSPS) is 12.9. The van der Waals surface area contributed by atoms with E-state index in [0.717, 1.165) is 24.1 Å². The van der Waals surface area contributed by atoms with Gasteiger partial charge in [0.15, 0.2) is 0 Å². The number of benzene rings is 1. The van der Waals surface area contributed by atoms with Crippen LogP contribution >= 0.6 is 0 Å². The molecule has 0 aliphatic heterocycles. The van der Waals surface area contributed by atoms with E-state index < -0.39 is 0 Å². The van der Waals surface area contributed by atoms with Crippen LogP contribution in [0.15, 0.2) is 24.3 Å². The lowest BCUT2D eigenvalue weighted by Gasteiger charge is -2.08. The van der Waals surface area contributed by atoms with Crippen molar-refractivity contribution < 1.29 is 5.11 Å². The van der Waals surface area contributed by atoms with E-state index in [9.17, 15) is 5.11 Å². The molecule has 1 atom stereocenters. The number of hydrogen-bond donors (Lipinski definition) is 1. The minimum atomic E-state index is -0.269. The van der Waals surface area contributed by atoms with E-state index in [-0.39, 0.29) is 6.10 Å². The molecule has 1 N–H and O–H groups in total. The van der Waals surface area contributed by atoms with Crippen molar-refractivity contribution in [3.05, 3.63) is 30.0 Å². The molecule has 20 heavy (non-hydrogen) atoms. The van der Waals surface area contributed by atoms with Crippen LogP contribution in [0.4, 0.5) is 0 Å². The van der Waals surface area contributed by atoms with Crippen molar-refractivity contribution >= 4 is 10.9 Å². The number of nitrogens with zero attached hydrogens (tertiary/aromatic N) is 2. The second-order valence-electron chi connectivity index (χ2n) is 5.65. The quantitative estimate of drug-likeness (QED) is 0.743. The summed E-state index contributed by atoms with van der Waals surface area (Å²) in [6.45, 7) is 2.22. The molecule has 110 valence electrons. The van der Waals surface area contributed by atoms with E-state index in [4.69, 9.17) is 0 Å². The van der Waals surface area contributed by atoms with Crippen molar-refractivity contribution in [3.8, 4) is 0 Å². The molecular weight excluding hydrogens is 248 g/mol. The first-order valence-electron chi connectivity index (χ1n) is 7.81. The number of aliphatic hydroxyl groups is 1. The number of fused-ring (bicyclic) bond motifs is 1. The predicted molar refractivity (Wildman–Crippen MR) is 83.8 cm³/mol. The first-order chi connectivity index (χ1) is 9.72. The number of para-hydroxylation sites is 1. The van der Waals surface area contributed by atoms with Crippen LogP contribution in [0.1, 0.15) is 51.1 Å². The fraction of sp³-hybridized carbons (Fsp3) is 0.588. The number of aromatic nitrogens is 2. The van der Waals surface area contributed by atoms with Crippen molar-refractivity contribution in [3.63, 3.8) is 0 Å². The molecule has 0 bridgehead atoms. The lowest BCUT2D eigenvalue weighted by Crippen LogP contribution is -2.11. The Balaban J connectivity index is 1.88. The standard InChI is InChI=1S/C17H26N2O/c1-3-4-5-6-7-10-14(20)13-16-15-11-8-9-12-17(15)19(2)18-16/h8-9,11-12,14,20H,3-7,10,13H2,1-2H3. The number of aryl methyl sites for hydroxylation is 1. The molecule has 3 heteroatoms. The van der Waals surface area contributed by atoms with Crippen LogP contribution in [0, 0.1) is 0 Å². The number of unbranched alkanes of at least 4 members (excludes halogenated alkanes) is 4. The largest absolute Gasteiger partial charge is 0.393 e. The lowest BCUT2D eigenvalue weighted by atomic mass is 10.0. The lowest BCUT2D eigenvalue weighted by molar-refractivity contribution is 0.160. The van der Waals surface area contributed by atoms with Crippen molar-refractivity contribution in [2.75, 3.05) is 0 Å². The Kier molecular flexibility index (Phi) is 5.60. The third-order valence-electron chi connectivity index (χ3n) is 3.90. The zero-order chi connectivity index (χ0) is 14.4. The van der Waals surface area contributed by atoms with Gasteiger partial charge in [0.2, 0.25) is 0 Å². The smallest absolute Gasteiger partial charge is 0.0728 e. The van der Waals surface area contributed by atoms with Gasteiger partial charge in [-0.2, -0.15) is 5.10 Å². The third kappa shape index (κ3) is 3.83. The van der Waals surface area contributed by atoms with Crippen molar-refractivity contribution in [2.24, 2.45) is 7.05 Å². The highest BCUT2D eigenvalue weighted by Crippen LogP contribution is 2.20. The molecule has 0 aliphatic rings. The molecular formula is C17H26N2O. The van der Waals surface area contributed by atoms with Gasteiger partial charge in [0.05, 0.1) is 17.3 Å². The van der Waals surface area contributed by atoms with Gasteiger partial charge in [0.25, 0.3) is 0 Å². The van der Waals surface area contributed by atoms with Crippen LogP contribution in [0.25, 0.3) is 10.9 Å². The molecule has 2 rings (SSSR count). The Morgan fingerprint density at radius 2 is 1.90 bits per heavy atom. The first-order valence-corrected chi connectivity index (χ1v) is 7.81. The summed E-state index contributed by atoms with van der Waals surface area (Å²) >= 11 is 0. The average Bonchev–Trinajstić information content (AvgIpc) is 2.76. The minimum absolute atomic E-state index is 0.269. The van der Waals surface area contributed by atoms with E-state index in [1.54, 1.807) is 0 Å². The minimum Gasteiger partial charge on any atom is -0.393 e. The highest BCUT2D eigenvalue weighted by atomic mass is 16.3. The summed E-state index contributed by atoms with van der Waals surface area (Å²) in [6.07, 6.45) is 7.48. The zero-order valence-electron chi connectivity index (χ0n) is 12.7. The zero-order valence-corrected chi connectivity index (χ0v) is 12.7. The Morgan fingerprint density at radius 1 is 1.15 bits per heavy atom. The third-order valence-corrected chi connectivity index (χ3v) is 3.90. The molecule has 0 fully saturated rings. The van der Waals surface area contributed by atoms with Gasteiger partial charge >= 0.3 is 0 Å². The van der Waals surface area contributed by atoms with Crippen LogP contribution in [0.3, 0.4) is 0 Å². The maximum absolute atomic E-state index is 10.2. The molecule has 0 spiro atoms. The molecule has 2 aromatic rings. The van der Waals surface area contributed by atoms with E-state index >= 15 is 0 Å². The van der Waals surface area contributed by atoms with Gasteiger partial charge in [-0.15, -0.1) is 0 Å². The second kappa shape index (κ2) is 7.44. The number of hydrogen-bond acceptors (Lipinski definition) is 2. The van der Waals surface area contributed by atoms with Crippen molar-refractivity contribution in [1.82, 2.24) is 9.78 Å². The monoisotopic (exact) mass is 274 g/mol. The van der Waals surface area contributed by atoms with Gasteiger partial charge in [0.1, 0.15) is 0 Å². The summed E-state index contributed by atoms with van der Waals surface area (Å²) in [4.78, 5) is 0. The van der Waals surface area contributed by atoms with E-state index in [1.807, 2.05) is 23.9 Å². The van der Waals surface area contributed by atoms with E-state index in [0.29, 0.717) is 6.42 Å². The van der Waals surface area contributed by atoms with Crippen LogP contribution in [-0.4, -0.2) is 21.0 Å². The molecule has 1 heterocycles. The Hall–Kier alpha value is -1.35. The fourth-order valence-corrected chi connectivity index (χ4v) is 2.75. The van der Waals surface area contributed by atoms with Gasteiger partial charge < -0.3 is 5.11 Å². The van der Waals surface area contributed by atoms with Crippen LogP contribution < -0.4 is 0 Å². The first kappa shape index (κ1) is 15.0. The van der Waals surface area contributed by atoms with Gasteiger partial charge in [-0.1, -0.05) is 57.2 Å². The summed E-state index contributed by atoms with van der Waals surface area (Å²) in [7, 11) is 1.96. The maximum atomic E-state index is 10.2. The molecule has 1 aromatic carbocycles. The molecule has 0 radical (unpaired) electrons. The summed E-state index contributed by atoms with van der Waals surface area (Å²) in [5.74, 6) is 0. The SMILES string of the molecule is CCCCCCCC(O)Cc1nn(C)c2ccccc12. The molecule has 0 aliphatic carbocycles. The summed E-state index contributed by atoms with van der Waals surface area (Å²) in [5.41, 5.74) is 2.15. The predicted octanol–water partition coefficient (Wildman–Crippen LogP) is 3.84. The second-order valence-corrected chi connectivity index (χ2v) is 5.65. The maximum Gasteiger partial charge on any atom is 0.0728 e. The topological polar surface area (TPSA) is 38.1 Å². The summed E-state index contributed by atoms with van der Waals surface area (Å²) in [5, 5.41) is 15.9. The van der Waals surface area contributed by atoms with Crippen LogP contribution in [0.5, 0.6) is 0 Å². The van der Waals surface area contributed by atoms with Crippen molar-refractivity contribution in [2.45, 2.75) is 58.0 Å². The Morgan fingerprint density at radius 3 is 2.70 bits per heavy atom. The van der Waals surface area contributed by atoms with Gasteiger partial charge in [0, 0.05) is 18.9 Å². The molecule has 1 aromatic heterocycles. The highest BCUT2D eigenvalue weighted by molar-refractivity contribution is 5.81. The van der Waals surface area contributed by atoms with Crippen LogP contribution in [-0.2, 0) is 13.5 Å². The van der Waals surface area contributed by atoms with Gasteiger partial charge in [-0.05, 0) is 12.5 Å². The molecule has 0 amide bonds. The Bertz CT molecular complexity index is 533. The highest BCUT2D eigenvalue weighted by Gasteiger charge is 2.12. The molecule has 1 unspecified atom stereocenters. The molecule has 3 nitrogen and oxygen atoms in total. The fourth-order valence-electron chi connectivity index (χ4n) is 2.75. The van der Waals surface area contributed by atoms with E-state index in [1.165, 1.54) is 31.1 Å². The summed E-state index contributed by atoms with van der Waals surface area (Å²) < 4.78 is 1.90. The summed E-state index contributed by atoms with van der Waals surface area (Å²) in [6, 6.07) is 8.22. The number of rotatable bonds is 8. The van der Waals surface area contributed by atoms with E-state index in [2.05, 4.69) is 24.2 Å². The Labute approximate surface area is 121 Å². The van der Waals surface area contributed by atoms with Gasteiger partial charge in [-0.3, -0.25) is 4.68 Å². The molecule has 0 saturated heterocycles. The number of aliphatic hydroxyl groups excluding tert-OH is 1. The van der Waals surface area contributed by atoms with Crippen molar-refractivity contribution in [1.29, 1.82) is 0 Å². The van der Waals surface area contributed by atoms with Crippen LogP contribution in [0.2, 0.25) is 0 Å². The molecule has 0 saturated carbocycles.